The molecule has 216 valence electrons. The fraction of sp³-hybridized carbons (Fsp3) is 0. The Kier molecular flexibility index (Phi) is 5.65. The van der Waals surface area contributed by atoms with Crippen LogP contribution < -0.4 is 4.90 Å². The Balaban J connectivity index is 1.28. The van der Waals surface area contributed by atoms with Crippen LogP contribution in [0, 0.1) is 0 Å². The normalized spacial score (nSPS) is 11.9. The number of hydrogen-bond donors (Lipinski definition) is 0. The quantitative estimate of drug-likeness (QED) is 0.190. The average Bonchev–Trinajstić information content (AvgIpc) is 3.78. The molecule has 0 fully saturated rings. The molecule has 0 aliphatic carbocycles. The molecule has 0 unspecified atom stereocenters. The third-order valence-electron chi connectivity index (χ3n) is 9.17. The molecular formula is C42H26N2S2. The molecule has 2 nitrogen and oxygen atoms in total. The van der Waals surface area contributed by atoms with E-state index in [1.807, 2.05) is 22.7 Å². The fourth-order valence-electron chi connectivity index (χ4n) is 7.18. The van der Waals surface area contributed by atoms with E-state index in [4.69, 9.17) is 0 Å². The maximum absolute atomic E-state index is 2.47. The molecule has 10 rings (SSSR count). The Morgan fingerprint density at radius 3 is 1.87 bits per heavy atom. The van der Waals surface area contributed by atoms with Crippen LogP contribution in [0.1, 0.15) is 0 Å². The first-order valence-electron chi connectivity index (χ1n) is 15.5. The predicted octanol–water partition coefficient (Wildman–Crippen LogP) is 13.0. The summed E-state index contributed by atoms with van der Waals surface area (Å²) in [6.07, 6.45) is 0. The lowest BCUT2D eigenvalue weighted by Gasteiger charge is -2.27. The largest absolute Gasteiger partial charge is 0.310 e. The smallest absolute Gasteiger partial charge is 0.0554 e. The fourth-order valence-corrected chi connectivity index (χ4v) is 9.44. The highest BCUT2D eigenvalue weighted by Crippen LogP contribution is 2.47. The molecule has 10 aromatic rings. The summed E-state index contributed by atoms with van der Waals surface area (Å²) in [4.78, 5) is 2.47. The lowest BCUT2D eigenvalue weighted by molar-refractivity contribution is 1.18. The van der Waals surface area contributed by atoms with Gasteiger partial charge in [-0.3, -0.25) is 0 Å². The number of benzene rings is 7. The van der Waals surface area contributed by atoms with E-state index in [1.54, 1.807) is 0 Å². The van der Waals surface area contributed by atoms with Crippen molar-refractivity contribution >= 4 is 102 Å². The van der Waals surface area contributed by atoms with E-state index in [9.17, 15) is 0 Å². The summed E-state index contributed by atoms with van der Waals surface area (Å²) in [5, 5.41) is 7.72. The molecule has 3 heterocycles. The van der Waals surface area contributed by atoms with Gasteiger partial charge >= 0.3 is 0 Å². The van der Waals surface area contributed by atoms with Gasteiger partial charge in [-0.1, -0.05) is 84.9 Å². The van der Waals surface area contributed by atoms with Crippen molar-refractivity contribution in [3.63, 3.8) is 0 Å². The summed E-state index contributed by atoms with van der Waals surface area (Å²) >= 11 is 3.74. The first-order chi connectivity index (χ1) is 22.8. The van der Waals surface area contributed by atoms with Gasteiger partial charge in [0.15, 0.2) is 0 Å². The molecule has 0 amide bonds. The third-order valence-corrected chi connectivity index (χ3v) is 11.4. The van der Waals surface area contributed by atoms with Crippen LogP contribution in [-0.2, 0) is 0 Å². The van der Waals surface area contributed by atoms with Crippen molar-refractivity contribution in [2.45, 2.75) is 0 Å². The van der Waals surface area contributed by atoms with Crippen LogP contribution in [0.2, 0.25) is 0 Å². The van der Waals surface area contributed by atoms with E-state index in [1.165, 1.54) is 73.5 Å². The second-order valence-corrected chi connectivity index (χ2v) is 13.9. The van der Waals surface area contributed by atoms with E-state index < -0.39 is 0 Å². The minimum absolute atomic E-state index is 1.15. The van der Waals surface area contributed by atoms with Crippen LogP contribution in [0.5, 0.6) is 0 Å². The number of anilines is 3. The standard InChI is InChI=1S/C42H26N2S2/c1-2-11-27(12-3-1)44-35-16-7-4-13-30(35)34-25-28(22-24-36(34)44)43(29-21-23-32-31-14-5-8-18-38(31)46-41(32)26-29)37-17-10-20-40-42(37)33-15-6-9-19-39(33)45-40/h1-26H. The first kappa shape index (κ1) is 25.9. The summed E-state index contributed by atoms with van der Waals surface area (Å²) in [5.74, 6) is 0. The number of aromatic nitrogens is 1. The Bertz CT molecular complexity index is 2770. The van der Waals surface area contributed by atoms with Gasteiger partial charge in [0.2, 0.25) is 0 Å². The summed E-state index contributed by atoms with van der Waals surface area (Å²) in [6, 6.07) is 57.7. The second kappa shape index (κ2) is 10.0. The van der Waals surface area contributed by atoms with E-state index in [-0.39, 0.29) is 0 Å². The number of thiophene rings is 2. The number of fused-ring (bicyclic) bond motifs is 9. The molecule has 46 heavy (non-hydrogen) atoms. The Morgan fingerprint density at radius 1 is 0.391 bits per heavy atom. The van der Waals surface area contributed by atoms with Crippen LogP contribution in [0.15, 0.2) is 158 Å². The van der Waals surface area contributed by atoms with Gasteiger partial charge in [0.25, 0.3) is 0 Å². The molecular weight excluding hydrogens is 597 g/mol. The van der Waals surface area contributed by atoms with Crippen molar-refractivity contribution in [3.8, 4) is 5.69 Å². The van der Waals surface area contributed by atoms with Crippen molar-refractivity contribution < 1.29 is 0 Å². The minimum Gasteiger partial charge on any atom is -0.310 e. The van der Waals surface area contributed by atoms with Crippen molar-refractivity contribution in [1.29, 1.82) is 0 Å². The minimum atomic E-state index is 1.15. The number of para-hydroxylation sites is 2. The zero-order valence-corrected chi connectivity index (χ0v) is 26.4. The number of hydrogen-bond acceptors (Lipinski definition) is 3. The van der Waals surface area contributed by atoms with E-state index >= 15 is 0 Å². The number of nitrogens with zero attached hydrogens (tertiary/aromatic N) is 2. The van der Waals surface area contributed by atoms with E-state index in [0.29, 0.717) is 0 Å². The molecule has 4 heteroatoms. The summed E-state index contributed by atoms with van der Waals surface area (Å²) in [5.41, 5.74) is 7.09. The van der Waals surface area contributed by atoms with Crippen LogP contribution in [0.25, 0.3) is 67.8 Å². The Morgan fingerprint density at radius 2 is 1.00 bits per heavy atom. The van der Waals surface area contributed by atoms with Gasteiger partial charge < -0.3 is 9.47 Å². The first-order valence-corrected chi connectivity index (χ1v) is 17.2. The zero-order valence-electron chi connectivity index (χ0n) is 24.7. The SMILES string of the molecule is c1ccc(-n2c3ccccc3c3cc(N(c4ccc5c(c4)sc4ccccc45)c4cccc5sc6ccccc6c45)ccc32)cc1. The van der Waals surface area contributed by atoms with Gasteiger partial charge in [0.05, 0.1) is 16.7 Å². The van der Waals surface area contributed by atoms with Gasteiger partial charge in [-0.2, -0.15) is 0 Å². The van der Waals surface area contributed by atoms with Gasteiger partial charge in [-0.15, -0.1) is 22.7 Å². The van der Waals surface area contributed by atoms with E-state index in [0.717, 1.165) is 11.4 Å². The van der Waals surface area contributed by atoms with Crippen LogP contribution in [0.3, 0.4) is 0 Å². The summed E-state index contributed by atoms with van der Waals surface area (Å²) < 4.78 is 7.62. The maximum atomic E-state index is 2.47. The molecule has 0 aliphatic heterocycles. The van der Waals surface area contributed by atoms with Gasteiger partial charge in [-0.25, -0.2) is 0 Å². The molecule has 0 saturated heterocycles. The molecule has 0 aliphatic rings. The molecule has 0 saturated carbocycles. The van der Waals surface area contributed by atoms with E-state index in [2.05, 4.69) is 167 Å². The average molecular weight is 623 g/mol. The van der Waals surface area contributed by atoms with Crippen molar-refractivity contribution in [2.24, 2.45) is 0 Å². The van der Waals surface area contributed by atoms with Gasteiger partial charge in [0, 0.05) is 68.2 Å². The monoisotopic (exact) mass is 622 g/mol. The van der Waals surface area contributed by atoms with Crippen LogP contribution >= 0.6 is 22.7 Å². The Labute approximate surface area is 273 Å². The highest BCUT2D eigenvalue weighted by molar-refractivity contribution is 7.26. The molecule has 0 spiro atoms. The third kappa shape index (κ3) is 3.81. The molecule has 0 radical (unpaired) electrons. The molecule has 7 aromatic carbocycles. The van der Waals surface area contributed by atoms with Crippen molar-refractivity contribution in [2.75, 3.05) is 4.90 Å². The summed E-state index contributed by atoms with van der Waals surface area (Å²) in [7, 11) is 0. The molecule has 3 aromatic heterocycles. The highest BCUT2D eigenvalue weighted by atomic mass is 32.1. The molecule has 0 atom stereocenters. The lowest BCUT2D eigenvalue weighted by atomic mass is 10.1. The summed E-state index contributed by atoms with van der Waals surface area (Å²) in [6.45, 7) is 0. The number of rotatable bonds is 4. The second-order valence-electron chi connectivity index (χ2n) is 11.8. The van der Waals surface area contributed by atoms with Crippen molar-refractivity contribution in [3.05, 3.63) is 158 Å². The Hall–Kier alpha value is -5.42. The topological polar surface area (TPSA) is 8.17 Å². The van der Waals surface area contributed by atoms with Crippen molar-refractivity contribution in [1.82, 2.24) is 4.57 Å². The maximum Gasteiger partial charge on any atom is 0.0554 e. The highest BCUT2D eigenvalue weighted by Gasteiger charge is 2.21. The van der Waals surface area contributed by atoms with Gasteiger partial charge in [0.1, 0.15) is 0 Å². The van der Waals surface area contributed by atoms with Gasteiger partial charge in [-0.05, 0) is 72.8 Å². The predicted molar refractivity (Wildman–Crippen MR) is 201 cm³/mol. The lowest BCUT2D eigenvalue weighted by Crippen LogP contribution is -2.10. The zero-order chi connectivity index (χ0) is 30.2. The van der Waals surface area contributed by atoms with Crippen LogP contribution in [0.4, 0.5) is 17.1 Å². The van der Waals surface area contributed by atoms with Crippen LogP contribution in [-0.4, -0.2) is 4.57 Å². The molecule has 0 bridgehead atoms. The molecule has 0 N–H and O–H groups in total.